The van der Waals surface area contributed by atoms with E-state index < -0.39 is 25.0 Å². The summed E-state index contributed by atoms with van der Waals surface area (Å²) in [5.74, 6) is 0.0883. The Kier molecular flexibility index (Phi) is 7.76. The summed E-state index contributed by atoms with van der Waals surface area (Å²) in [6.07, 6.45) is 1.46. The summed E-state index contributed by atoms with van der Waals surface area (Å²) in [7, 11) is -8.83. The van der Waals surface area contributed by atoms with Gasteiger partial charge in [0.1, 0.15) is 10.6 Å². The molecule has 0 fully saturated rings. The van der Waals surface area contributed by atoms with E-state index in [-0.39, 0.29) is 27.9 Å². The molecule has 9 nitrogen and oxygen atoms in total. The molecule has 5 aromatic rings. The molecule has 0 spiro atoms. The lowest BCUT2D eigenvalue weighted by Crippen LogP contribution is -2.16. The van der Waals surface area contributed by atoms with Gasteiger partial charge in [0.15, 0.2) is 5.82 Å². The SMILES string of the molecule is CC(CCc1cccc2nc(NS(=O)(=O)c3ccc(N)cc3)c(-c3ccccc3S(=O)(=O)O)nc12)c1ccccc1. The first-order chi connectivity index (χ1) is 19.5. The number of nitrogens with two attached hydrogens (primary N) is 1. The van der Waals surface area contributed by atoms with Crippen molar-refractivity contribution in [3.05, 3.63) is 108 Å². The van der Waals surface area contributed by atoms with Gasteiger partial charge in [-0.2, -0.15) is 8.42 Å². The molecule has 5 rings (SSSR count). The molecule has 210 valence electrons. The van der Waals surface area contributed by atoms with Crippen LogP contribution in [0.1, 0.15) is 30.4 Å². The number of anilines is 2. The maximum absolute atomic E-state index is 13.3. The van der Waals surface area contributed by atoms with Crippen molar-refractivity contribution in [3.8, 4) is 11.3 Å². The summed E-state index contributed by atoms with van der Waals surface area (Å²) in [4.78, 5) is 8.89. The van der Waals surface area contributed by atoms with Gasteiger partial charge in [0.05, 0.1) is 15.9 Å². The van der Waals surface area contributed by atoms with Crippen molar-refractivity contribution in [2.75, 3.05) is 10.5 Å². The highest BCUT2D eigenvalue weighted by molar-refractivity contribution is 7.92. The van der Waals surface area contributed by atoms with Crippen LogP contribution >= 0.6 is 0 Å². The van der Waals surface area contributed by atoms with Crippen LogP contribution in [0.25, 0.3) is 22.3 Å². The van der Waals surface area contributed by atoms with Gasteiger partial charge in [-0.05, 0) is 66.3 Å². The first-order valence-corrected chi connectivity index (χ1v) is 15.7. The van der Waals surface area contributed by atoms with Crippen LogP contribution < -0.4 is 10.5 Å². The second-order valence-electron chi connectivity index (χ2n) is 9.70. The van der Waals surface area contributed by atoms with Crippen LogP contribution in [0, 0.1) is 0 Å². The van der Waals surface area contributed by atoms with Crippen molar-refractivity contribution >= 4 is 42.7 Å². The summed E-state index contributed by atoms with van der Waals surface area (Å²) in [6, 6.07) is 26.9. The fourth-order valence-corrected chi connectivity index (χ4v) is 6.34. The molecule has 0 saturated carbocycles. The van der Waals surface area contributed by atoms with Gasteiger partial charge >= 0.3 is 0 Å². The van der Waals surface area contributed by atoms with Gasteiger partial charge in [-0.25, -0.2) is 18.4 Å². The molecule has 1 aromatic heterocycles. The standard InChI is InChI=1S/C30H28N4O5S2/c1-20(21-8-3-2-4-9-21)14-15-22-10-7-12-26-28(22)33-29(25-11-5-6-13-27(25)41(37,38)39)30(32-26)34-40(35,36)24-18-16-23(31)17-19-24/h2-13,16-20H,14-15,31H2,1H3,(H,32,34)(H,37,38,39). The number of hydrogen-bond acceptors (Lipinski definition) is 7. The zero-order valence-electron chi connectivity index (χ0n) is 22.1. The Morgan fingerprint density at radius 1 is 0.829 bits per heavy atom. The van der Waals surface area contributed by atoms with Gasteiger partial charge in [0.25, 0.3) is 20.1 Å². The van der Waals surface area contributed by atoms with Crippen molar-refractivity contribution in [1.29, 1.82) is 0 Å². The van der Waals surface area contributed by atoms with Gasteiger partial charge in [0.2, 0.25) is 0 Å². The van der Waals surface area contributed by atoms with Gasteiger partial charge < -0.3 is 5.73 Å². The Labute approximate surface area is 238 Å². The van der Waals surface area contributed by atoms with E-state index in [0.717, 1.165) is 12.0 Å². The van der Waals surface area contributed by atoms with Crippen LogP contribution in [0.4, 0.5) is 11.5 Å². The zero-order valence-corrected chi connectivity index (χ0v) is 23.7. The summed E-state index contributed by atoms with van der Waals surface area (Å²) >= 11 is 0. The molecular formula is C30H28N4O5S2. The predicted octanol–water partition coefficient (Wildman–Crippen LogP) is 5.66. The Hall–Kier alpha value is -4.32. The Bertz CT molecular complexity index is 1930. The summed E-state index contributed by atoms with van der Waals surface area (Å²) in [5.41, 5.74) is 9.09. The van der Waals surface area contributed by atoms with Gasteiger partial charge in [0, 0.05) is 11.3 Å². The molecule has 0 radical (unpaired) electrons. The van der Waals surface area contributed by atoms with Gasteiger partial charge in [-0.15, -0.1) is 0 Å². The number of sulfonamides is 1. The van der Waals surface area contributed by atoms with E-state index in [1.54, 1.807) is 12.1 Å². The van der Waals surface area contributed by atoms with E-state index in [0.29, 0.717) is 23.1 Å². The number of aryl methyl sites for hydroxylation is 1. The second-order valence-corrected chi connectivity index (χ2v) is 12.8. The summed E-state index contributed by atoms with van der Waals surface area (Å²) < 4.78 is 63.6. The Morgan fingerprint density at radius 3 is 2.22 bits per heavy atom. The molecule has 0 saturated heterocycles. The summed E-state index contributed by atoms with van der Waals surface area (Å²) in [6.45, 7) is 2.14. The molecule has 4 aromatic carbocycles. The van der Waals surface area contributed by atoms with E-state index >= 15 is 0 Å². The van der Waals surface area contributed by atoms with Crippen LogP contribution in [0.5, 0.6) is 0 Å². The molecule has 11 heteroatoms. The normalized spacial score (nSPS) is 12.7. The van der Waals surface area contributed by atoms with E-state index in [4.69, 9.17) is 10.7 Å². The molecule has 4 N–H and O–H groups in total. The smallest absolute Gasteiger partial charge is 0.295 e. The van der Waals surface area contributed by atoms with Crippen molar-refractivity contribution in [1.82, 2.24) is 9.97 Å². The highest BCUT2D eigenvalue weighted by Crippen LogP contribution is 2.34. The number of para-hydroxylation sites is 1. The van der Waals surface area contributed by atoms with Crippen molar-refractivity contribution in [3.63, 3.8) is 0 Å². The average Bonchev–Trinajstić information content (AvgIpc) is 2.95. The molecule has 0 aliphatic carbocycles. The molecule has 0 bridgehead atoms. The third-order valence-electron chi connectivity index (χ3n) is 6.84. The van der Waals surface area contributed by atoms with E-state index in [1.807, 2.05) is 30.3 Å². The molecule has 1 atom stereocenters. The topological polar surface area (TPSA) is 152 Å². The fraction of sp³-hybridized carbons (Fsp3) is 0.133. The number of hydrogen-bond donors (Lipinski definition) is 3. The van der Waals surface area contributed by atoms with Crippen LogP contribution in [-0.2, 0) is 26.6 Å². The number of nitrogen functional groups attached to an aromatic ring is 1. The van der Waals surface area contributed by atoms with Gasteiger partial charge in [-0.3, -0.25) is 9.27 Å². The highest BCUT2D eigenvalue weighted by atomic mass is 32.2. The number of nitrogens with one attached hydrogen (secondary N) is 1. The van der Waals surface area contributed by atoms with E-state index in [1.165, 1.54) is 48.0 Å². The quantitative estimate of drug-likeness (QED) is 0.147. The average molecular weight is 589 g/mol. The van der Waals surface area contributed by atoms with Gasteiger partial charge in [-0.1, -0.05) is 67.6 Å². The van der Waals surface area contributed by atoms with Crippen LogP contribution in [0.15, 0.2) is 107 Å². The lowest BCUT2D eigenvalue weighted by Gasteiger charge is -2.16. The number of rotatable bonds is 9. The highest BCUT2D eigenvalue weighted by Gasteiger charge is 2.25. The number of benzene rings is 4. The van der Waals surface area contributed by atoms with E-state index in [2.05, 4.69) is 28.8 Å². The first-order valence-electron chi connectivity index (χ1n) is 12.8. The predicted molar refractivity (Wildman–Crippen MR) is 160 cm³/mol. The number of aromatic nitrogens is 2. The third-order valence-corrected chi connectivity index (χ3v) is 9.10. The van der Waals surface area contributed by atoms with Crippen LogP contribution in [0.2, 0.25) is 0 Å². The lowest BCUT2D eigenvalue weighted by molar-refractivity contribution is 0.483. The molecule has 1 heterocycles. The Morgan fingerprint density at radius 2 is 1.51 bits per heavy atom. The number of fused-ring (bicyclic) bond motifs is 1. The second kappa shape index (κ2) is 11.3. The van der Waals surface area contributed by atoms with Crippen LogP contribution in [0.3, 0.4) is 0 Å². The van der Waals surface area contributed by atoms with Crippen molar-refractivity contribution in [2.24, 2.45) is 0 Å². The molecule has 0 amide bonds. The maximum Gasteiger partial charge on any atom is 0.295 e. The van der Waals surface area contributed by atoms with Crippen LogP contribution in [-0.4, -0.2) is 31.4 Å². The summed E-state index contributed by atoms with van der Waals surface area (Å²) in [5, 5.41) is 0. The minimum atomic E-state index is -4.67. The third kappa shape index (κ3) is 6.22. The molecule has 41 heavy (non-hydrogen) atoms. The minimum Gasteiger partial charge on any atom is -0.399 e. The van der Waals surface area contributed by atoms with Crippen molar-refractivity contribution in [2.45, 2.75) is 35.5 Å². The maximum atomic E-state index is 13.3. The largest absolute Gasteiger partial charge is 0.399 e. The molecular weight excluding hydrogens is 560 g/mol. The van der Waals surface area contributed by atoms with Crippen molar-refractivity contribution < 1.29 is 21.4 Å². The number of nitrogens with zero attached hydrogens (tertiary/aromatic N) is 2. The molecule has 0 aliphatic heterocycles. The molecule has 1 unspecified atom stereocenters. The fourth-order valence-electron chi connectivity index (χ4n) is 4.64. The Balaban J connectivity index is 1.64. The molecule has 0 aliphatic rings. The minimum absolute atomic E-state index is 0.00635. The lowest BCUT2D eigenvalue weighted by atomic mass is 9.93. The first kappa shape index (κ1) is 28.2. The monoisotopic (exact) mass is 588 g/mol. The zero-order chi connectivity index (χ0) is 29.2. The van der Waals surface area contributed by atoms with E-state index in [9.17, 15) is 21.4 Å².